The van der Waals surface area contributed by atoms with Crippen molar-refractivity contribution < 1.29 is 10.2 Å². The highest BCUT2D eigenvalue weighted by Crippen LogP contribution is 2.43. The summed E-state index contributed by atoms with van der Waals surface area (Å²) in [5, 5.41) is 23.9. The number of aliphatic hydroxyl groups is 1. The van der Waals surface area contributed by atoms with Gasteiger partial charge in [0, 0.05) is 49.5 Å². The molecule has 1 aromatic rings. The van der Waals surface area contributed by atoms with E-state index in [1.54, 1.807) is 6.20 Å². The van der Waals surface area contributed by atoms with Crippen LogP contribution in [-0.2, 0) is 6.61 Å². The smallest absolute Gasteiger partial charge is 0.141 e. The van der Waals surface area contributed by atoms with E-state index in [0.29, 0.717) is 11.6 Å². The van der Waals surface area contributed by atoms with Gasteiger partial charge in [-0.1, -0.05) is 19.3 Å². The Morgan fingerprint density at radius 2 is 1.84 bits per heavy atom. The Labute approximate surface area is 163 Å². The average molecular weight is 392 g/mol. The van der Waals surface area contributed by atoms with Crippen molar-refractivity contribution in [1.29, 1.82) is 0 Å². The zero-order valence-electron chi connectivity index (χ0n) is 14.9. The van der Waals surface area contributed by atoms with Gasteiger partial charge in [0.05, 0.1) is 12.3 Å². The fraction of sp³-hybridized carbons (Fsp3) is 0.722. The molecule has 0 amide bonds. The van der Waals surface area contributed by atoms with E-state index in [1.807, 2.05) is 6.92 Å². The van der Waals surface area contributed by atoms with Gasteiger partial charge in [-0.3, -0.25) is 9.88 Å². The lowest BCUT2D eigenvalue weighted by Gasteiger charge is -2.42. The second-order valence-corrected chi connectivity index (χ2v) is 6.92. The molecule has 1 aliphatic carbocycles. The Balaban J connectivity index is 0.00000156. The molecule has 1 atom stereocenters. The third-order valence-corrected chi connectivity index (χ3v) is 5.47. The third-order valence-electron chi connectivity index (χ3n) is 5.47. The number of aryl methyl sites for hydroxylation is 1. The molecule has 1 saturated carbocycles. The number of hydrogen-bond acceptors (Lipinski definition) is 5. The van der Waals surface area contributed by atoms with Gasteiger partial charge in [0.25, 0.3) is 0 Å². The lowest BCUT2D eigenvalue weighted by molar-refractivity contribution is 0.0991. The van der Waals surface area contributed by atoms with Gasteiger partial charge in [-0.05, 0) is 25.7 Å². The topological polar surface area (TPSA) is 68.6 Å². The molecule has 5 nitrogen and oxygen atoms in total. The van der Waals surface area contributed by atoms with Crippen molar-refractivity contribution in [1.82, 2.24) is 15.2 Å². The standard InChI is InChI=1S/C18H29N3O2.2ClH/c1-13-18(23)16(15(12-22)11-20-13)17(14-5-3-2-4-6-14)21-9-7-19-8-10-21;;/h11,14,17,19,22-23H,2-10,12H2,1H3;2*1H/t17-;;/m1../s1. The quantitative estimate of drug-likeness (QED) is 0.735. The third kappa shape index (κ3) is 4.98. The van der Waals surface area contributed by atoms with Gasteiger partial charge in [0.1, 0.15) is 5.75 Å². The van der Waals surface area contributed by atoms with Crippen LogP contribution in [0.5, 0.6) is 5.75 Å². The van der Waals surface area contributed by atoms with E-state index in [9.17, 15) is 10.2 Å². The molecule has 144 valence electrons. The highest BCUT2D eigenvalue weighted by atomic mass is 35.5. The van der Waals surface area contributed by atoms with E-state index < -0.39 is 0 Å². The summed E-state index contributed by atoms with van der Waals surface area (Å²) in [6.45, 7) is 5.74. The summed E-state index contributed by atoms with van der Waals surface area (Å²) in [4.78, 5) is 6.74. The molecule has 25 heavy (non-hydrogen) atoms. The minimum atomic E-state index is -0.0640. The molecule has 3 N–H and O–H groups in total. The minimum absolute atomic E-state index is 0. The Kier molecular flexibility index (Phi) is 9.46. The number of aromatic nitrogens is 1. The van der Waals surface area contributed by atoms with Crippen molar-refractivity contribution in [2.45, 2.75) is 51.7 Å². The number of nitrogens with one attached hydrogen (secondary N) is 1. The van der Waals surface area contributed by atoms with E-state index in [0.717, 1.165) is 37.3 Å². The molecular weight excluding hydrogens is 361 g/mol. The zero-order valence-corrected chi connectivity index (χ0v) is 16.5. The Hall–Kier alpha value is -0.590. The van der Waals surface area contributed by atoms with Gasteiger partial charge in [-0.25, -0.2) is 0 Å². The highest BCUT2D eigenvalue weighted by molar-refractivity contribution is 5.85. The number of aliphatic hydroxyl groups excluding tert-OH is 1. The molecule has 0 aromatic carbocycles. The van der Waals surface area contributed by atoms with Crippen molar-refractivity contribution in [2.24, 2.45) is 5.92 Å². The molecule has 0 unspecified atom stereocenters. The van der Waals surface area contributed by atoms with Crippen molar-refractivity contribution in [2.75, 3.05) is 26.2 Å². The number of halogens is 2. The first-order chi connectivity index (χ1) is 11.2. The summed E-state index contributed by atoms with van der Waals surface area (Å²) < 4.78 is 0. The average Bonchev–Trinajstić information content (AvgIpc) is 2.61. The number of pyridine rings is 1. The molecule has 0 spiro atoms. The van der Waals surface area contributed by atoms with E-state index in [2.05, 4.69) is 15.2 Å². The maximum atomic E-state index is 10.7. The Morgan fingerprint density at radius 3 is 2.44 bits per heavy atom. The molecule has 2 aliphatic rings. The predicted octanol–water partition coefficient (Wildman–Crippen LogP) is 2.96. The fourth-order valence-electron chi connectivity index (χ4n) is 4.24. The largest absolute Gasteiger partial charge is 0.506 e. The van der Waals surface area contributed by atoms with Crippen molar-refractivity contribution >= 4 is 24.8 Å². The maximum absolute atomic E-state index is 10.7. The van der Waals surface area contributed by atoms with Crippen LogP contribution >= 0.6 is 24.8 Å². The SMILES string of the molecule is Cc1ncc(CO)c([C@@H](C2CCCCC2)N2CCNCC2)c1O.Cl.Cl. The lowest BCUT2D eigenvalue weighted by Crippen LogP contribution is -2.47. The number of nitrogens with zero attached hydrogens (tertiary/aromatic N) is 2. The second kappa shape index (κ2) is 10.5. The van der Waals surface area contributed by atoms with Crippen molar-refractivity contribution in [3.63, 3.8) is 0 Å². The minimum Gasteiger partial charge on any atom is -0.506 e. The fourth-order valence-corrected chi connectivity index (χ4v) is 4.24. The second-order valence-electron chi connectivity index (χ2n) is 6.92. The summed E-state index contributed by atoms with van der Waals surface area (Å²) in [6, 6.07) is 0.196. The number of aromatic hydroxyl groups is 1. The first-order valence-corrected chi connectivity index (χ1v) is 8.95. The molecule has 3 rings (SSSR count). The molecule has 1 aromatic heterocycles. The van der Waals surface area contributed by atoms with Gasteiger partial charge in [0.2, 0.25) is 0 Å². The van der Waals surface area contributed by atoms with Crippen LogP contribution in [0.25, 0.3) is 0 Å². The predicted molar refractivity (Wildman–Crippen MR) is 105 cm³/mol. The maximum Gasteiger partial charge on any atom is 0.141 e. The van der Waals surface area contributed by atoms with Gasteiger partial charge < -0.3 is 15.5 Å². The summed E-state index contributed by atoms with van der Waals surface area (Å²) in [5.41, 5.74) is 2.36. The van der Waals surface area contributed by atoms with Crippen LogP contribution in [-0.4, -0.2) is 46.3 Å². The first kappa shape index (κ1) is 22.5. The van der Waals surface area contributed by atoms with Gasteiger partial charge >= 0.3 is 0 Å². The van der Waals surface area contributed by atoms with Crippen LogP contribution in [0.15, 0.2) is 6.20 Å². The molecule has 1 aliphatic heterocycles. The number of hydrogen-bond donors (Lipinski definition) is 3. The molecular formula is C18H31Cl2N3O2. The van der Waals surface area contributed by atoms with E-state index in [4.69, 9.17) is 0 Å². The van der Waals surface area contributed by atoms with Gasteiger partial charge in [-0.15, -0.1) is 24.8 Å². The molecule has 2 heterocycles. The number of piperazine rings is 1. The Bertz CT molecular complexity index is 515. The van der Waals surface area contributed by atoms with Crippen LogP contribution in [0.1, 0.15) is 55.0 Å². The summed E-state index contributed by atoms with van der Waals surface area (Å²) in [5.74, 6) is 0.838. The van der Waals surface area contributed by atoms with E-state index in [-0.39, 0.29) is 43.2 Å². The van der Waals surface area contributed by atoms with Gasteiger partial charge in [0.15, 0.2) is 0 Å². The summed E-state index contributed by atoms with van der Waals surface area (Å²) in [7, 11) is 0. The molecule has 1 saturated heterocycles. The Morgan fingerprint density at radius 1 is 1.20 bits per heavy atom. The molecule has 7 heteroatoms. The highest BCUT2D eigenvalue weighted by Gasteiger charge is 2.34. The van der Waals surface area contributed by atoms with Crippen LogP contribution in [0.3, 0.4) is 0 Å². The van der Waals surface area contributed by atoms with Crippen LogP contribution in [0, 0.1) is 12.8 Å². The first-order valence-electron chi connectivity index (χ1n) is 8.95. The van der Waals surface area contributed by atoms with Crippen LogP contribution in [0.2, 0.25) is 0 Å². The lowest BCUT2D eigenvalue weighted by atomic mass is 9.78. The summed E-state index contributed by atoms with van der Waals surface area (Å²) in [6.07, 6.45) is 8.01. The monoisotopic (exact) mass is 391 g/mol. The van der Waals surface area contributed by atoms with Crippen LogP contribution < -0.4 is 5.32 Å². The van der Waals surface area contributed by atoms with Gasteiger partial charge in [-0.2, -0.15) is 0 Å². The van der Waals surface area contributed by atoms with Crippen LogP contribution in [0.4, 0.5) is 0 Å². The van der Waals surface area contributed by atoms with E-state index in [1.165, 1.54) is 32.1 Å². The molecule has 0 bridgehead atoms. The molecule has 2 fully saturated rings. The van der Waals surface area contributed by atoms with Crippen molar-refractivity contribution in [3.05, 3.63) is 23.0 Å². The molecule has 0 radical (unpaired) electrons. The van der Waals surface area contributed by atoms with E-state index >= 15 is 0 Å². The van der Waals surface area contributed by atoms with Crippen molar-refractivity contribution in [3.8, 4) is 5.75 Å². The summed E-state index contributed by atoms with van der Waals surface area (Å²) >= 11 is 0. The number of rotatable bonds is 4. The normalized spacial score (nSPS) is 20.4. The zero-order chi connectivity index (χ0) is 16.2.